The monoisotopic (exact) mass is 219 g/mol. The van der Waals surface area contributed by atoms with Gasteiger partial charge in [0, 0.05) is 6.54 Å². The van der Waals surface area contributed by atoms with E-state index in [0.29, 0.717) is 6.54 Å². The topological polar surface area (TPSA) is 96.0 Å². The van der Waals surface area contributed by atoms with Crippen LogP contribution in [0.5, 0.6) is 0 Å². The van der Waals surface area contributed by atoms with E-state index >= 15 is 0 Å². The third-order valence-electron chi connectivity index (χ3n) is 1.75. The van der Waals surface area contributed by atoms with Gasteiger partial charge in [-0.3, -0.25) is 0 Å². The molecule has 2 aromatic carbocycles. The van der Waals surface area contributed by atoms with E-state index < -0.39 is 0 Å². The molecule has 0 aromatic heterocycles. The molecule has 0 saturated heterocycles. The fourth-order valence-corrected chi connectivity index (χ4v) is 0.999. The Balaban J connectivity index is 0. The van der Waals surface area contributed by atoms with Crippen molar-refractivity contribution in [1.82, 2.24) is 12.3 Å². The Morgan fingerprint density at radius 2 is 0.938 bits per heavy atom. The molecule has 0 amide bonds. The van der Waals surface area contributed by atoms with Crippen LogP contribution in [0.15, 0.2) is 66.7 Å². The zero-order valence-corrected chi connectivity index (χ0v) is 9.55. The molecule has 0 aliphatic heterocycles. The van der Waals surface area contributed by atoms with Crippen molar-refractivity contribution in [2.45, 2.75) is 6.54 Å². The van der Waals surface area contributed by atoms with Crippen LogP contribution in [0.3, 0.4) is 0 Å². The largest absolute Gasteiger partial charge is 0.344 e. The van der Waals surface area contributed by atoms with Crippen LogP contribution in [-0.2, 0) is 6.54 Å². The third-order valence-corrected chi connectivity index (χ3v) is 1.75. The van der Waals surface area contributed by atoms with Crippen LogP contribution in [0.1, 0.15) is 5.56 Å². The molecule has 3 heteroatoms. The molecule has 0 radical (unpaired) electrons. The lowest BCUT2D eigenvalue weighted by Gasteiger charge is -1.90. The fraction of sp³-hybridized carbons (Fsp3) is 0.0769. The molecular formula is C13H21N3. The van der Waals surface area contributed by atoms with E-state index in [0.717, 1.165) is 0 Å². The Morgan fingerprint density at radius 1 is 0.625 bits per heavy atom. The number of rotatable bonds is 1. The zero-order chi connectivity index (χ0) is 10.1. The van der Waals surface area contributed by atoms with E-state index in [2.05, 4.69) is 0 Å². The molecule has 0 bridgehead atoms. The number of nitrogens with two attached hydrogens (primary N) is 1. The number of benzene rings is 2. The molecule has 0 unspecified atom stereocenters. The highest BCUT2D eigenvalue weighted by molar-refractivity contribution is 5.13. The van der Waals surface area contributed by atoms with Gasteiger partial charge in [-0.15, -0.1) is 0 Å². The van der Waals surface area contributed by atoms with Gasteiger partial charge in [0.2, 0.25) is 0 Å². The molecular weight excluding hydrogens is 198 g/mol. The highest BCUT2D eigenvalue weighted by atomic mass is 14.5. The zero-order valence-electron chi connectivity index (χ0n) is 9.55. The molecule has 3 nitrogen and oxygen atoms in total. The van der Waals surface area contributed by atoms with Crippen LogP contribution in [0.25, 0.3) is 0 Å². The molecule has 0 fully saturated rings. The Kier molecular flexibility index (Phi) is 11.9. The number of hydrogen-bond donors (Lipinski definition) is 3. The maximum Gasteiger partial charge on any atom is 0.0178 e. The van der Waals surface area contributed by atoms with Gasteiger partial charge in [-0.25, -0.2) is 0 Å². The summed E-state index contributed by atoms with van der Waals surface area (Å²) in [5.41, 5.74) is 6.54. The average Bonchev–Trinajstić information content (AvgIpc) is 2.33. The van der Waals surface area contributed by atoms with E-state index in [1.165, 1.54) is 5.56 Å². The van der Waals surface area contributed by atoms with E-state index in [1.807, 2.05) is 66.7 Å². The molecule has 2 aromatic rings. The van der Waals surface area contributed by atoms with Crippen molar-refractivity contribution >= 4 is 0 Å². The first kappa shape index (κ1) is 16.7. The first-order valence-corrected chi connectivity index (χ1v) is 4.67. The van der Waals surface area contributed by atoms with Crippen LogP contribution in [-0.4, -0.2) is 0 Å². The Bertz CT molecular complexity index is 295. The van der Waals surface area contributed by atoms with Gasteiger partial charge in [0.05, 0.1) is 0 Å². The minimum Gasteiger partial charge on any atom is -0.344 e. The second kappa shape index (κ2) is 11.4. The van der Waals surface area contributed by atoms with Crippen molar-refractivity contribution in [3.05, 3.63) is 72.3 Å². The third kappa shape index (κ3) is 7.70. The summed E-state index contributed by atoms with van der Waals surface area (Å²) in [7, 11) is 0. The second-order valence-corrected chi connectivity index (χ2v) is 2.84. The Labute approximate surface area is 97.5 Å². The average molecular weight is 219 g/mol. The van der Waals surface area contributed by atoms with E-state index in [1.54, 1.807) is 0 Å². The normalized spacial score (nSPS) is 7.56. The van der Waals surface area contributed by atoms with Gasteiger partial charge >= 0.3 is 0 Å². The van der Waals surface area contributed by atoms with Crippen LogP contribution in [0, 0.1) is 0 Å². The summed E-state index contributed by atoms with van der Waals surface area (Å²) >= 11 is 0. The molecule has 0 atom stereocenters. The lowest BCUT2D eigenvalue weighted by atomic mass is 10.2. The summed E-state index contributed by atoms with van der Waals surface area (Å²) in [6.45, 7) is 0.640. The van der Waals surface area contributed by atoms with Crippen molar-refractivity contribution in [3.63, 3.8) is 0 Å². The molecule has 2 rings (SSSR count). The Hall–Kier alpha value is -1.68. The first-order valence-electron chi connectivity index (χ1n) is 4.67. The lowest BCUT2D eigenvalue weighted by molar-refractivity contribution is 1.07. The molecule has 8 N–H and O–H groups in total. The molecule has 0 saturated carbocycles. The summed E-state index contributed by atoms with van der Waals surface area (Å²) in [5, 5.41) is 0. The lowest BCUT2D eigenvalue weighted by Crippen LogP contribution is -1.94. The van der Waals surface area contributed by atoms with E-state index in [-0.39, 0.29) is 12.3 Å². The SMILES string of the molecule is N.N.NCc1ccccc1.c1ccccc1. The van der Waals surface area contributed by atoms with Crippen LogP contribution in [0.2, 0.25) is 0 Å². The Morgan fingerprint density at radius 3 is 1.19 bits per heavy atom. The summed E-state index contributed by atoms with van der Waals surface area (Å²) in [5.74, 6) is 0. The molecule has 0 spiro atoms. The van der Waals surface area contributed by atoms with Gasteiger partial charge < -0.3 is 18.0 Å². The summed E-state index contributed by atoms with van der Waals surface area (Å²) in [4.78, 5) is 0. The predicted octanol–water partition coefficient (Wildman–Crippen LogP) is 3.16. The van der Waals surface area contributed by atoms with Crippen LogP contribution < -0.4 is 18.0 Å². The predicted molar refractivity (Wildman–Crippen MR) is 70.8 cm³/mol. The van der Waals surface area contributed by atoms with Crippen molar-refractivity contribution < 1.29 is 0 Å². The molecule has 16 heavy (non-hydrogen) atoms. The molecule has 0 aliphatic carbocycles. The second-order valence-electron chi connectivity index (χ2n) is 2.84. The first-order chi connectivity index (χ1) is 6.93. The van der Waals surface area contributed by atoms with Gasteiger partial charge in [-0.1, -0.05) is 66.7 Å². The minimum absolute atomic E-state index is 0. The standard InChI is InChI=1S/C7H9N.C6H6.2H3N/c8-6-7-4-2-1-3-5-7;1-2-4-6-5-3-1;;/h1-5H,6,8H2;1-6H;2*1H3. The summed E-state index contributed by atoms with van der Waals surface area (Å²) in [6.07, 6.45) is 0. The van der Waals surface area contributed by atoms with Crippen molar-refractivity contribution in [2.75, 3.05) is 0 Å². The summed E-state index contributed by atoms with van der Waals surface area (Å²) in [6, 6.07) is 22.0. The summed E-state index contributed by atoms with van der Waals surface area (Å²) < 4.78 is 0. The molecule has 0 heterocycles. The molecule has 88 valence electrons. The maximum atomic E-state index is 5.35. The quantitative estimate of drug-likeness (QED) is 0.687. The smallest absolute Gasteiger partial charge is 0.0178 e. The highest BCUT2D eigenvalue weighted by Gasteiger charge is 1.80. The van der Waals surface area contributed by atoms with Gasteiger partial charge in [0.15, 0.2) is 0 Å². The molecule has 0 aliphatic rings. The number of hydrogen-bond acceptors (Lipinski definition) is 3. The maximum absolute atomic E-state index is 5.35. The van der Waals surface area contributed by atoms with Crippen molar-refractivity contribution in [3.8, 4) is 0 Å². The minimum atomic E-state index is 0. The fourth-order valence-electron chi connectivity index (χ4n) is 0.999. The van der Waals surface area contributed by atoms with Gasteiger partial charge in [-0.05, 0) is 5.56 Å². The van der Waals surface area contributed by atoms with E-state index in [9.17, 15) is 0 Å². The van der Waals surface area contributed by atoms with Crippen LogP contribution in [0.4, 0.5) is 0 Å². The van der Waals surface area contributed by atoms with E-state index in [4.69, 9.17) is 5.73 Å². The highest BCUT2D eigenvalue weighted by Crippen LogP contribution is 1.94. The van der Waals surface area contributed by atoms with Crippen LogP contribution >= 0.6 is 0 Å². The van der Waals surface area contributed by atoms with Gasteiger partial charge in [0.25, 0.3) is 0 Å². The van der Waals surface area contributed by atoms with Gasteiger partial charge in [0.1, 0.15) is 0 Å². The van der Waals surface area contributed by atoms with Gasteiger partial charge in [-0.2, -0.15) is 0 Å². The van der Waals surface area contributed by atoms with Crippen molar-refractivity contribution in [2.24, 2.45) is 5.73 Å². The van der Waals surface area contributed by atoms with Crippen molar-refractivity contribution in [1.29, 1.82) is 0 Å².